The van der Waals surface area contributed by atoms with Crippen LogP contribution in [0.25, 0.3) is 0 Å². The molecule has 2 heterocycles. The fraction of sp³-hybridized carbons (Fsp3) is 0.125. The summed E-state index contributed by atoms with van der Waals surface area (Å²) in [6, 6.07) is 17.5. The molecule has 0 spiro atoms. The average molecular weight is 495 g/mol. The lowest BCUT2D eigenvalue weighted by Crippen LogP contribution is -2.21. The van der Waals surface area contributed by atoms with E-state index in [4.69, 9.17) is 24.7 Å². The van der Waals surface area contributed by atoms with Gasteiger partial charge in [0.2, 0.25) is 12.7 Å². The second-order valence-electron chi connectivity index (χ2n) is 7.28. The summed E-state index contributed by atoms with van der Waals surface area (Å²) in [5.41, 5.74) is 8.66. The summed E-state index contributed by atoms with van der Waals surface area (Å²) in [7, 11) is 0. The maximum atomic E-state index is 13.4. The van der Waals surface area contributed by atoms with Crippen LogP contribution in [0.3, 0.4) is 0 Å². The van der Waals surface area contributed by atoms with Crippen molar-refractivity contribution >= 4 is 15.9 Å². The first kappa shape index (κ1) is 20.2. The summed E-state index contributed by atoms with van der Waals surface area (Å²) >= 11 is 3.54. The Hall–Kier alpha value is -3.70. The van der Waals surface area contributed by atoms with Crippen LogP contribution in [-0.2, 0) is 6.61 Å². The zero-order chi connectivity index (χ0) is 22.2. The summed E-state index contributed by atoms with van der Waals surface area (Å²) in [4.78, 5) is 0. The van der Waals surface area contributed by atoms with Crippen molar-refractivity contribution in [2.45, 2.75) is 12.5 Å². The number of hydrogen-bond acceptors (Lipinski definition) is 6. The molecule has 2 aliphatic heterocycles. The molecule has 8 heteroatoms. The Morgan fingerprint density at radius 3 is 2.66 bits per heavy atom. The number of ether oxygens (including phenoxy) is 4. The largest absolute Gasteiger partial charge is 0.488 e. The summed E-state index contributed by atoms with van der Waals surface area (Å²) < 4.78 is 36.6. The molecule has 32 heavy (non-hydrogen) atoms. The molecule has 0 unspecified atom stereocenters. The van der Waals surface area contributed by atoms with E-state index < -0.39 is 5.92 Å². The van der Waals surface area contributed by atoms with Gasteiger partial charge in [-0.1, -0.05) is 18.2 Å². The SMILES string of the molecule is N#CC1=C(N)Oc2cc3c(cc2[C@@H]1c1ccc(OCc2cccc(F)c2)c(Br)c1)OCO3. The molecule has 3 aromatic carbocycles. The molecule has 160 valence electrons. The maximum Gasteiger partial charge on any atom is 0.231 e. The van der Waals surface area contributed by atoms with Gasteiger partial charge in [-0.2, -0.15) is 5.26 Å². The minimum atomic E-state index is -0.452. The third kappa shape index (κ3) is 3.61. The number of halogens is 2. The molecule has 3 aromatic rings. The first-order valence-corrected chi connectivity index (χ1v) is 10.5. The summed E-state index contributed by atoms with van der Waals surface area (Å²) in [5, 5.41) is 9.78. The van der Waals surface area contributed by atoms with Gasteiger partial charge < -0.3 is 24.7 Å². The molecule has 5 rings (SSSR count). The predicted octanol–water partition coefficient (Wildman–Crippen LogP) is 5.11. The quantitative estimate of drug-likeness (QED) is 0.541. The van der Waals surface area contributed by atoms with Gasteiger partial charge in [-0.3, -0.25) is 0 Å². The van der Waals surface area contributed by atoms with E-state index in [1.165, 1.54) is 12.1 Å². The number of fused-ring (bicyclic) bond motifs is 2. The zero-order valence-corrected chi connectivity index (χ0v) is 18.2. The monoisotopic (exact) mass is 494 g/mol. The predicted molar refractivity (Wildman–Crippen MR) is 117 cm³/mol. The number of nitrogens with two attached hydrogens (primary N) is 1. The Balaban J connectivity index is 1.48. The van der Waals surface area contributed by atoms with Crippen LogP contribution in [0, 0.1) is 17.1 Å². The van der Waals surface area contributed by atoms with E-state index in [0.29, 0.717) is 33.0 Å². The van der Waals surface area contributed by atoms with Crippen LogP contribution < -0.4 is 24.7 Å². The number of benzene rings is 3. The lowest BCUT2D eigenvalue weighted by Gasteiger charge is -2.27. The van der Waals surface area contributed by atoms with Crippen molar-refractivity contribution in [3.8, 4) is 29.1 Å². The van der Waals surface area contributed by atoms with Crippen LogP contribution in [-0.4, -0.2) is 6.79 Å². The Kier molecular flexibility index (Phi) is 5.11. The Morgan fingerprint density at radius 2 is 1.91 bits per heavy atom. The van der Waals surface area contributed by atoms with Gasteiger partial charge in [-0.25, -0.2) is 4.39 Å². The van der Waals surface area contributed by atoms with Gasteiger partial charge in [0.1, 0.15) is 35.6 Å². The number of nitriles is 1. The lowest BCUT2D eigenvalue weighted by molar-refractivity contribution is 0.174. The Morgan fingerprint density at radius 1 is 1.09 bits per heavy atom. The highest BCUT2D eigenvalue weighted by molar-refractivity contribution is 9.10. The third-order valence-corrected chi connectivity index (χ3v) is 5.90. The first-order chi connectivity index (χ1) is 15.5. The Labute approximate surface area is 191 Å². The van der Waals surface area contributed by atoms with Crippen molar-refractivity contribution in [1.82, 2.24) is 0 Å². The molecular weight excluding hydrogens is 479 g/mol. The minimum absolute atomic E-state index is 0.0476. The molecule has 0 bridgehead atoms. The molecule has 0 aromatic heterocycles. The van der Waals surface area contributed by atoms with Crippen molar-refractivity contribution in [2.75, 3.05) is 6.79 Å². The highest BCUT2D eigenvalue weighted by atomic mass is 79.9. The fourth-order valence-electron chi connectivity index (χ4n) is 3.79. The van der Waals surface area contributed by atoms with E-state index in [0.717, 1.165) is 16.7 Å². The van der Waals surface area contributed by atoms with Crippen LogP contribution in [0.15, 0.2) is 70.5 Å². The standard InChI is InChI=1S/C24H16BrFN2O4/c25-18-7-14(4-5-19(18)29-11-13-2-1-3-15(26)6-13)23-16-8-21-22(31-12-30-21)9-20(16)32-24(28)17(23)10-27/h1-9,23H,11-12,28H2/t23-/m0/s1. The van der Waals surface area contributed by atoms with Crippen molar-refractivity contribution in [3.05, 3.63) is 93.0 Å². The van der Waals surface area contributed by atoms with Crippen LogP contribution in [0.2, 0.25) is 0 Å². The van der Waals surface area contributed by atoms with Crippen LogP contribution in [0.1, 0.15) is 22.6 Å². The molecule has 0 amide bonds. The highest BCUT2D eigenvalue weighted by Crippen LogP contribution is 2.48. The van der Waals surface area contributed by atoms with Gasteiger partial charge in [0.05, 0.1) is 10.4 Å². The summed E-state index contributed by atoms with van der Waals surface area (Å²) in [6.07, 6.45) is 0. The summed E-state index contributed by atoms with van der Waals surface area (Å²) in [5.74, 6) is 1.54. The number of allylic oxidation sites excluding steroid dienone is 1. The van der Waals surface area contributed by atoms with E-state index >= 15 is 0 Å². The van der Waals surface area contributed by atoms with E-state index in [2.05, 4.69) is 22.0 Å². The average Bonchev–Trinajstić information content (AvgIpc) is 3.23. The molecule has 2 aliphatic rings. The van der Waals surface area contributed by atoms with Gasteiger partial charge in [-0.15, -0.1) is 0 Å². The first-order valence-electron chi connectivity index (χ1n) is 9.71. The fourth-order valence-corrected chi connectivity index (χ4v) is 4.30. The van der Waals surface area contributed by atoms with Gasteiger partial charge in [0.15, 0.2) is 11.5 Å². The number of rotatable bonds is 4. The number of nitrogens with zero attached hydrogens (tertiary/aromatic N) is 1. The summed E-state index contributed by atoms with van der Waals surface area (Å²) in [6.45, 7) is 0.343. The molecule has 0 saturated carbocycles. The third-order valence-electron chi connectivity index (χ3n) is 5.28. The molecule has 0 saturated heterocycles. The van der Waals surface area contributed by atoms with Gasteiger partial charge in [-0.05, 0) is 57.4 Å². The smallest absolute Gasteiger partial charge is 0.231 e. The van der Waals surface area contributed by atoms with E-state index in [9.17, 15) is 9.65 Å². The van der Waals surface area contributed by atoms with E-state index in [1.807, 2.05) is 18.2 Å². The molecule has 2 N–H and O–H groups in total. The van der Waals surface area contributed by atoms with Crippen molar-refractivity contribution in [2.24, 2.45) is 5.73 Å². The van der Waals surface area contributed by atoms with E-state index in [-0.39, 0.29) is 25.1 Å². The molecule has 6 nitrogen and oxygen atoms in total. The van der Waals surface area contributed by atoms with Crippen LogP contribution in [0.4, 0.5) is 4.39 Å². The van der Waals surface area contributed by atoms with Gasteiger partial charge in [0, 0.05) is 11.6 Å². The maximum absolute atomic E-state index is 13.4. The second-order valence-corrected chi connectivity index (χ2v) is 8.13. The molecular formula is C24H16BrFN2O4. The van der Waals surface area contributed by atoms with Crippen LogP contribution >= 0.6 is 15.9 Å². The van der Waals surface area contributed by atoms with Crippen molar-refractivity contribution in [1.29, 1.82) is 5.26 Å². The normalized spacial score (nSPS) is 16.2. The highest BCUT2D eigenvalue weighted by Gasteiger charge is 2.33. The molecule has 0 radical (unpaired) electrons. The van der Waals surface area contributed by atoms with Crippen molar-refractivity contribution < 1.29 is 23.3 Å². The van der Waals surface area contributed by atoms with Gasteiger partial charge in [0.25, 0.3) is 0 Å². The zero-order valence-electron chi connectivity index (χ0n) is 16.6. The molecule has 0 aliphatic carbocycles. The molecule has 1 atom stereocenters. The lowest BCUT2D eigenvalue weighted by atomic mass is 9.83. The topological polar surface area (TPSA) is 86.7 Å². The van der Waals surface area contributed by atoms with Crippen LogP contribution in [0.5, 0.6) is 23.0 Å². The second kappa shape index (κ2) is 8.09. The Bertz CT molecular complexity index is 1300. The van der Waals surface area contributed by atoms with Gasteiger partial charge >= 0.3 is 0 Å². The number of hydrogen-bond donors (Lipinski definition) is 1. The molecule has 0 fully saturated rings. The van der Waals surface area contributed by atoms with E-state index in [1.54, 1.807) is 24.3 Å². The minimum Gasteiger partial charge on any atom is -0.488 e. The van der Waals surface area contributed by atoms with Crippen molar-refractivity contribution in [3.63, 3.8) is 0 Å².